The summed E-state index contributed by atoms with van der Waals surface area (Å²) in [6, 6.07) is 10.3. The molecule has 29 heavy (non-hydrogen) atoms. The number of nitrogens with one attached hydrogen (secondary N) is 2. The number of carboxylic acid groups (broad SMARTS) is 1. The topological polar surface area (TPSA) is 142 Å². The number of carbonyl (C=O) groups excluding carboxylic acids is 2. The van der Waals surface area contributed by atoms with Gasteiger partial charge in [-0.05, 0) is 47.9 Å². The fourth-order valence-corrected chi connectivity index (χ4v) is 2.72. The van der Waals surface area contributed by atoms with Crippen molar-refractivity contribution >= 4 is 23.5 Å². The van der Waals surface area contributed by atoms with Crippen molar-refractivity contribution in [1.29, 1.82) is 0 Å². The zero-order valence-electron chi connectivity index (χ0n) is 16.3. The lowest BCUT2D eigenvalue weighted by molar-refractivity contribution is -0.143. The van der Waals surface area contributed by atoms with Crippen LogP contribution in [0.5, 0.6) is 5.75 Å². The lowest BCUT2D eigenvalue weighted by Crippen LogP contribution is -2.53. The van der Waals surface area contributed by atoms with Gasteiger partial charge >= 0.3 is 5.97 Å². The summed E-state index contributed by atoms with van der Waals surface area (Å²) in [5.41, 5.74) is 7.14. The first-order chi connectivity index (χ1) is 13.7. The number of anilines is 1. The summed E-state index contributed by atoms with van der Waals surface area (Å²) in [7, 11) is 0. The van der Waals surface area contributed by atoms with Crippen LogP contribution in [-0.2, 0) is 16.0 Å². The summed E-state index contributed by atoms with van der Waals surface area (Å²) < 4.78 is 0. The summed E-state index contributed by atoms with van der Waals surface area (Å²) >= 11 is 0. The zero-order chi connectivity index (χ0) is 21.6. The number of carbonyl (C=O) groups is 3. The monoisotopic (exact) mass is 399 g/mol. The van der Waals surface area contributed by atoms with Crippen molar-refractivity contribution in [2.45, 2.75) is 32.4 Å². The second-order valence-electron chi connectivity index (χ2n) is 7.09. The van der Waals surface area contributed by atoms with Crippen LogP contribution >= 0.6 is 0 Å². The summed E-state index contributed by atoms with van der Waals surface area (Å²) in [5, 5.41) is 23.9. The van der Waals surface area contributed by atoms with E-state index >= 15 is 0 Å². The molecule has 2 atom stereocenters. The first-order valence-electron chi connectivity index (χ1n) is 9.15. The van der Waals surface area contributed by atoms with Crippen LogP contribution in [0.3, 0.4) is 0 Å². The second kappa shape index (κ2) is 9.59. The number of nitrogen functional groups attached to an aromatic ring is 1. The Labute approximate surface area is 168 Å². The molecule has 2 aromatic rings. The molecule has 6 N–H and O–H groups in total. The van der Waals surface area contributed by atoms with E-state index in [1.54, 1.807) is 38.1 Å². The number of phenolic OH excluding ortho intramolecular Hbond substituents is 1. The van der Waals surface area contributed by atoms with E-state index < -0.39 is 29.9 Å². The molecule has 154 valence electrons. The minimum absolute atomic E-state index is 0.0754. The Hall–Kier alpha value is -3.55. The van der Waals surface area contributed by atoms with Gasteiger partial charge in [0.25, 0.3) is 5.91 Å². The molecule has 0 unspecified atom stereocenters. The molecule has 8 heteroatoms. The molecular weight excluding hydrogens is 374 g/mol. The number of carboxylic acids is 1. The van der Waals surface area contributed by atoms with Crippen LogP contribution in [0.2, 0.25) is 0 Å². The number of amides is 2. The zero-order valence-corrected chi connectivity index (χ0v) is 16.3. The molecule has 0 aromatic heterocycles. The SMILES string of the molecule is CC(C)[C@H](NC(=O)[C@H](Cc1ccc(O)cc1)NC(=O)c1ccc(N)cc1)C(=O)O. The molecule has 0 aliphatic heterocycles. The van der Waals surface area contributed by atoms with Gasteiger partial charge < -0.3 is 26.6 Å². The summed E-state index contributed by atoms with van der Waals surface area (Å²) in [6.07, 6.45) is 0.122. The maximum absolute atomic E-state index is 12.8. The molecule has 0 fully saturated rings. The van der Waals surface area contributed by atoms with Crippen LogP contribution < -0.4 is 16.4 Å². The molecule has 0 bridgehead atoms. The van der Waals surface area contributed by atoms with Crippen LogP contribution in [0.25, 0.3) is 0 Å². The Morgan fingerprint density at radius 2 is 1.55 bits per heavy atom. The maximum Gasteiger partial charge on any atom is 0.326 e. The molecule has 0 aliphatic carbocycles. The fourth-order valence-electron chi connectivity index (χ4n) is 2.72. The van der Waals surface area contributed by atoms with Gasteiger partial charge in [-0.2, -0.15) is 0 Å². The number of benzene rings is 2. The first kappa shape index (κ1) is 21.7. The predicted octanol–water partition coefficient (Wildman–Crippen LogP) is 1.54. The minimum Gasteiger partial charge on any atom is -0.508 e. The lowest BCUT2D eigenvalue weighted by Gasteiger charge is -2.23. The smallest absolute Gasteiger partial charge is 0.326 e. The van der Waals surface area contributed by atoms with Gasteiger partial charge in [-0.1, -0.05) is 26.0 Å². The van der Waals surface area contributed by atoms with E-state index in [1.807, 2.05) is 0 Å². The largest absolute Gasteiger partial charge is 0.508 e. The molecule has 0 aliphatic rings. The molecule has 2 aromatic carbocycles. The standard InChI is InChI=1S/C21H25N3O5/c1-12(2)18(21(28)29)24-20(27)17(11-13-3-9-16(25)10-4-13)23-19(26)14-5-7-15(22)8-6-14/h3-10,12,17-18,25H,11,22H2,1-2H3,(H,23,26)(H,24,27)(H,28,29)/t17-,18-/m0/s1. The molecule has 2 rings (SSSR count). The Morgan fingerprint density at radius 3 is 2.07 bits per heavy atom. The van der Waals surface area contributed by atoms with Gasteiger partial charge in [0.2, 0.25) is 5.91 Å². The fraction of sp³-hybridized carbons (Fsp3) is 0.286. The number of aliphatic carboxylic acids is 1. The Bertz CT molecular complexity index is 863. The maximum atomic E-state index is 12.8. The third-order valence-electron chi connectivity index (χ3n) is 4.40. The van der Waals surface area contributed by atoms with Crippen molar-refractivity contribution in [2.24, 2.45) is 5.92 Å². The van der Waals surface area contributed by atoms with Gasteiger partial charge in [0.05, 0.1) is 0 Å². The number of hydrogen-bond acceptors (Lipinski definition) is 5. The summed E-state index contributed by atoms with van der Waals surface area (Å²) in [4.78, 5) is 36.8. The molecule has 8 nitrogen and oxygen atoms in total. The van der Waals surface area contributed by atoms with E-state index in [2.05, 4.69) is 10.6 Å². The van der Waals surface area contributed by atoms with Crippen molar-refractivity contribution in [1.82, 2.24) is 10.6 Å². The Morgan fingerprint density at radius 1 is 0.966 bits per heavy atom. The highest BCUT2D eigenvalue weighted by atomic mass is 16.4. The number of rotatable bonds is 8. The number of phenols is 1. The van der Waals surface area contributed by atoms with E-state index in [-0.39, 0.29) is 18.1 Å². The summed E-state index contributed by atoms with van der Waals surface area (Å²) in [5.74, 6) is -2.50. The van der Waals surface area contributed by atoms with E-state index in [1.165, 1.54) is 24.3 Å². The molecule has 0 saturated carbocycles. The van der Waals surface area contributed by atoms with Crippen molar-refractivity contribution in [3.63, 3.8) is 0 Å². The molecule has 0 spiro atoms. The van der Waals surface area contributed by atoms with Crippen molar-refractivity contribution in [3.8, 4) is 5.75 Å². The minimum atomic E-state index is -1.15. The molecule has 2 amide bonds. The number of nitrogens with two attached hydrogens (primary N) is 1. The van der Waals surface area contributed by atoms with Gasteiger partial charge in [-0.3, -0.25) is 9.59 Å². The lowest BCUT2D eigenvalue weighted by atomic mass is 10.0. The predicted molar refractivity (Wildman–Crippen MR) is 108 cm³/mol. The molecule has 0 heterocycles. The van der Waals surface area contributed by atoms with E-state index in [4.69, 9.17) is 5.73 Å². The van der Waals surface area contributed by atoms with Gasteiger partial charge in [-0.25, -0.2) is 4.79 Å². The van der Waals surface area contributed by atoms with Crippen LogP contribution in [0, 0.1) is 5.92 Å². The van der Waals surface area contributed by atoms with Crippen LogP contribution in [0.1, 0.15) is 29.8 Å². The highest BCUT2D eigenvalue weighted by molar-refractivity contribution is 5.98. The highest BCUT2D eigenvalue weighted by Gasteiger charge is 2.28. The first-order valence-corrected chi connectivity index (χ1v) is 9.15. The third kappa shape index (κ3) is 6.24. The average Bonchev–Trinajstić information content (AvgIpc) is 2.67. The van der Waals surface area contributed by atoms with Crippen LogP contribution in [0.15, 0.2) is 48.5 Å². The third-order valence-corrected chi connectivity index (χ3v) is 4.40. The van der Waals surface area contributed by atoms with Gasteiger partial charge in [0, 0.05) is 17.7 Å². The van der Waals surface area contributed by atoms with Crippen LogP contribution in [-0.4, -0.2) is 40.1 Å². The normalized spacial score (nSPS) is 12.8. The van der Waals surface area contributed by atoms with Crippen molar-refractivity contribution in [3.05, 3.63) is 59.7 Å². The number of hydrogen-bond donors (Lipinski definition) is 5. The second-order valence-corrected chi connectivity index (χ2v) is 7.09. The van der Waals surface area contributed by atoms with E-state index in [0.29, 0.717) is 16.8 Å². The van der Waals surface area contributed by atoms with E-state index in [0.717, 1.165) is 0 Å². The van der Waals surface area contributed by atoms with E-state index in [9.17, 15) is 24.6 Å². The quantitative estimate of drug-likeness (QED) is 0.426. The summed E-state index contributed by atoms with van der Waals surface area (Å²) in [6.45, 7) is 3.36. The highest BCUT2D eigenvalue weighted by Crippen LogP contribution is 2.13. The Kier molecular flexibility index (Phi) is 7.19. The van der Waals surface area contributed by atoms with Gasteiger partial charge in [0.15, 0.2) is 0 Å². The van der Waals surface area contributed by atoms with Crippen LogP contribution in [0.4, 0.5) is 5.69 Å². The van der Waals surface area contributed by atoms with Crippen molar-refractivity contribution < 1.29 is 24.6 Å². The molecule has 0 radical (unpaired) electrons. The number of aromatic hydroxyl groups is 1. The Balaban J connectivity index is 2.22. The van der Waals surface area contributed by atoms with Gasteiger partial charge in [0.1, 0.15) is 17.8 Å². The molecular formula is C21H25N3O5. The van der Waals surface area contributed by atoms with Gasteiger partial charge in [-0.15, -0.1) is 0 Å². The van der Waals surface area contributed by atoms with Crippen molar-refractivity contribution in [2.75, 3.05) is 5.73 Å². The average molecular weight is 399 g/mol. The molecule has 0 saturated heterocycles.